The van der Waals surface area contributed by atoms with Crippen molar-refractivity contribution in [3.8, 4) is 0 Å². The molecule has 0 atom stereocenters. The van der Waals surface area contributed by atoms with E-state index < -0.39 is 0 Å². The van der Waals surface area contributed by atoms with Crippen molar-refractivity contribution in [1.82, 2.24) is 9.97 Å². The molecule has 2 aromatic heterocycles. The van der Waals surface area contributed by atoms with Gasteiger partial charge in [-0.3, -0.25) is 9.97 Å². The van der Waals surface area contributed by atoms with Crippen LogP contribution in [0, 0.1) is 0 Å². The van der Waals surface area contributed by atoms with Crippen LogP contribution in [0.15, 0.2) is 231 Å². The second-order valence-electron chi connectivity index (χ2n) is 20.4. The molecule has 13 rings (SSSR count). The van der Waals surface area contributed by atoms with Crippen molar-refractivity contribution < 1.29 is 0 Å². The van der Waals surface area contributed by atoms with Gasteiger partial charge in [-0.05, 0) is 131 Å². The SMILES string of the molecule is CC1(C)c2ccccc2N(c2cnc3c(c2)c(N)c(N)c2cc(N4c5ccccc5C(C)(C)c5cc(N(c6ccccc6)c6ccccc6)ccc54)cnc23)c2ccc(N(c3ccccc3)c3ccccc3)cc21. The summed E-state index contributed by atoms with van der Waals surface area (Å²) in [5, 5.41) is 1.49. The summed E-state index contributed by atoms with van der Waals surface area (Å²) in [6.45, 7) is 9.26. The summed E-state index contributed by atoms with van der Waals surface area (Å²) in [5.74, 6) is 0. The van der Waals surface area contributed by atoms with E-state index in [2.05, 4.69) is 266 Å². The van der Waals surface area contributed by atoms with Gasteiger partial charge in [-0.15, -0.1) is 0 Å². The number of hydrogen-bond donors (Lipinski definition) is 2. The molecule has 9 aromatic carbocycles. The number of nitrogens with zero attached hydrogens (tertiary/aromatic N) is 6. The molecule has 74 heavy (non-hydrogen) atoms. The monoisotopic (exact) mass is 958 g/mol. The number of fused-ring (bicyclic) bond motifs is 7. The number of nitrogens with two attached hydrogens (primary N) is 2. The Labute approximate surface area is 432 Å². The molecule has 0 amide bonds. The third-order valence-electron chi connectivity index (χ3n) is 15.4. The maximum Gasteiger partial charge on any atom is 0.0988 e. The van der Waals surface area contributed by atoms with Crippen LogP contribution in [0.5, 0.6) is 0 Å². The van der Waals surface area contributed by atoms with Crippen LogP contribution in [0.25, 0.3) is 21.8 Å². The largest absolute Gasteiger partial charge is 0.396 e. The minimum absolute atomic E-state index is 0.332. The number of para-hydroxylation sites is 6. The van der Waals surface area contributed by atoms with Gasteiger partial charge in [0.05, 0.1) is 68.9 Å². The molecule has 0 radical (unpaired) electrons. The zero-order chi connectivity index (χ0) is 50.3. The van der Waals surface area contributed by atoms with Crippen LogP contribution < -0.4 is 31.1 Å². The Kier molecular flexibility index (Phi) is 10.3. The van der Waals surface area contributed by atoms with E-state index >= 15 is 0 Å². The first-order valence-corrected chi connectivity index (χ1v) is 25.2. The van der Waals surface area contributed by atoms with E-state index in [1.807, 2.05) is 12.4 Å². The third kappa shape index (κ3) is 6.97. The summed E-state index contributed by atoms with van der Waals surface area (Å²) in [6, 6.07) is 77.4. The lowest BCUT2D eigenvalue weighted by Crippen LogP contribution is -2.31. The van der Waals surface area contributed by atoms with Gasteiger partial charge in [-0.2, -0.15) is 0 Å². The maximum atomic E-state index is 7.20. The van der Waals surface area contributed by atoms with Crippen LogP contribution >= 0.6 is 0 Å². The molecule has 8 heteroatoms. The van der Waals surface area contributed by atoms with Gasteiger partial charge in [0.1, 0.15) is 0 Å². The molecule has 0 saturated carbocycles. The van der Waals surface area contributed by atoms with Crippen LogP contribution in [0.4, 0.5) is 79.6 Å². The van der Waals surface area contributed by atoms with Crippen LogP contribution in [-0.2, 0) is 10.8 Å². The molecular weight excluding hydrogens is 905 g/mol. The summed E-state index contributed by atoms with van der Waals surface area (Å²) in [5.41, 5.74) is 33.4. The Balaban J connectivity index is 0.929. The molecule has 0 spiro atoms. The molecule has 4 N–H and O–H groups in total. The zero-order valence-electron chi connectivity index (χ0n) is 41.8. The highest BCUT2D eigenvalue weighted by Crippen LogP contribution is 2.56. The molecule has 0 unspecified atom stereocenters. The zero-order valence-corrected chi connectivity index (χ0v) is 41.8. The van der Waals surface area contributed by atoms with Crippen LogP contribution in [0.2, 0.25) is 0 Å². The number of pyridine rings is 2. The molecule has 0 saturated heterocycles. The standard InChI is InChI=1S/C66H54N8/c1-65(2)53-29-17-19-31-57(53)73(59-35-33-47(39-55(59)65)71(43-21-9-5-10-22-43)44-23-11-6-12-24-44)49-37-51-61(67)62(68)52-38-50(42-70-64(52)63(51)69-41-49)74-58-32-20-18-30-54(58)66(3,4)56-40-48(34-36-60(56)74)72(45-25-13-7-14-26-45)46-27-15-8-16-28-46/h5-42H,67-68H2,1-4H3. The van der Waals surface area contributed by atoms with E-state index in [1.165, 1.54) is 22.3 Å². The number of hydrogen-bond acceptors (Lipinski definition) is 8. The van der Waals surface area contributed by atoms with Crippen molar-refractivity contribution in [2.45, 2.75) is 38.5 Å². The van der Waals surface area contributed by atoms with Crippen molar-refractivity contribution in [3.63, 3.8) is 0 Å². The van der Waals surface area contributed by atoms with Crippen LogP contribution in [0.1, 0.15) is 49.9 Å². The highest BCUT2D eigenvalue weighted by atomic mass is 15.2. The second-order valence-corrected chi connectivity index (χ2v) is 20.4. The Bertz CT molecular complexity index is 3610. The lowest BCUT2D eigenvalue weighted by molar-refractivity contribution is 0.632. The highest BCUT2D eigenvalue weighted by Gasteiger charge is 2.40. The quantitative estimate of drug-likeness (QED) is 0.0884. The van der Waals surface area contributed by atoms with E-state index in [4.69, 9.17) is 21.4 Å². The normalized spacial score (nSPS) is 13.9. The van der Waals surface area contributed by atoms with Gasteiger partial charge < -0.3 is 31.1 Å². The van der Waals surface area contributed by atoms with E-state index in [0.717, 1.165) is 79.0 Å². The second kappa shape index (κ2) is 17.1. The average molecular weight is 959 g/mol. The number of aromatic nitrogens is 2. The summed E-state index contributed by atoms with van der Waals surface area (Å²) in [7, 11) is 0. The lowest BCUT2D eigenvalue weighted by Gasteiger charge is -2.42. The fraction of sp³-hybridized carbons (Fsp3) is 0.0909. The first-order chi connectivity index (χ1) is 36.1. The Morgan fingerprint density at radius 2 is 0.649 bits per heavy atom. The van der Waals surface area contributed by atoms with E-state index in [-0.39, 0.29) is 10.8 Å². The van der Waals surface area contributed by atoms with Gasteiger partial charge in [-0.25, -0.2) is 0 Å². The minimum Gasteiger partial charge on any atom is -0.396 e. The van der Waals surface area contributed by atoms with Crippen molar-refractivity contribution >= 4 is 101 Å². The van der Waals surface area contributed by atoms with Crippen LogP contribution in [0.3, 0.4) is 0 Å². The Morgan fingerprint density at radius 1 is 0.338 bits per heavy atom. The lowest BCUT2D eigenvalue weighted by atomic mass is 9.73. The van der Waals surface area contributed by atoms with Crippen molar-refractivity contribution in [2.24, 2.45) is 0 Å². The fourth-order valence-corrected chi connectivity index (χ4v) is 11.7. The number of nitrogen functional groups attached to an aromatic ring is 2. The first kappa shape index (κ1) is 44.5. The van der Waals surface area contributed by atoms with Gasteiger partial charge in [-0.1, -0.05) is 137 Å². The molecular formula is C66H54N8. The summed E-state index contributed by atoms with van der Waals surface area (Å²) >= 11 is 0. The summed E-state index contributed by atoms with van der Waals surface area (Å²) < 4.78 is 0. The van der Waals surface area contributed by atoms with Crippen LogP contribution in [-0.4, -0.2) is 9.97 Å². The van der Waals surface area contributed by atoms with Gasteiger partial charge in [0.25, 0.3) is 0 Å². The molecule has 0 fully saturated rings. The Morgan fingerprint density at radius 3 is 1.00 bits per heavy atom. The highest BCUT2D eigenvalue weighted by molar-refractivity contribution is 6.17. The van der Waals surface area contributed by atoms with E-state index in [1.54, 1.807) is 0 Å². The topological polar surface area (TPSA) is 90.8 Å². The van der Waals surface area contributed by atoms with Gasteiger partial charge >= 0.3 is 0 Å². The van der Waals surface area contributed by atoms with E-state index in [9.17, 15) is 0 Å². The van der Waals surface area contributed by atoms with Crippen molar-refractivity contribution in [2.75, 3.05) is 31.1 Å². The summed E-state index contributed by atoms with van der Waals surface area (Å²) in [6.07, 6.45) is 3.90. The van der Waals surface area contributed by atoms with E-state index in [0.29, 0.717) is 22.4 Å². The number of anilines is 14. The molecule has 4 heterocycles. The minimum atomic E-state index is -0.332. The fourth-order valence-electron chi connectivity index (χ4n) is 11.7. The van der Waals surface area contributed by atoms with Gasteiger partial charge in [0.2, 0.25) is 0 Å². The van der Waals surface area contributed by atoms with Gasteiger partial charge in [0.15, 0.2) is 0 Å². The van der Waals surface area contributed by atoms with Crippen molar-refractivity contribution in [3.05, 3.63) is 253 Å². The third-order valence-corrected chi connectivity index (χ3v) is 15.4. The predicted octanol–water partition coefficient (Wildman–Crippen LogP) is 17.1. The number of rotatable bonds is 8. The molecule has 2 aliphatic rings. The molecule has 0 bridgehead atoms. The maximum absolute atomic E-state index is 7.20. The molecule has 358 valence electrons. The average Bonchev–Trinajstić information content (AvgIpc) is 3.48. The smallest absolute Gasteiger partial charge is 0.0988 e. The molecule has 0 aliphatic carbocycles. The summed E-state index contributed by atoms with van der Waals surface area (Å²) in [4.78, 5) is 19.7. The molecule has 2 aliphatic heterocycles. The first-order valence-electron chi connectivity index (χ1n) is 25.2. The van der Waals surface area contributed by atoms with Crippen molar-refractivity contribution in [1.29, 1.82) is 0 Å². The number of benzene rings is 9. The van der Waals surface area contributed by atoms with Gasteiger partial charge in [0, 0.05) is 55.7 Å². The predicted molar refractivity (Wildman–Crippen MR) is 309 cm³/mol. The molecule has 11 aromatic rings. The molecule has 8 nitrogen and oxygen atoms in total. The Hall–Kier alpha value is -9.40.